The molecular formula is C14H23NO2S. The highest BCUT2D eigenvalue weighted by Crippen LogP contribution is 2.34. The summed E-state index contributed by atoms with van der Waals surface area (Å²) in [6.07, 6.45) is 0.892. The zero-order valence-electron chi connectivity index (χ0n) is 11.6. The molecule has 1 aromatic carbocycles. The fourth-order valence-electron chi connectivity index (χ4n) is 1.85. The Hall–Kier alpha value is -0.710. The number of nitrogens with one attached hydrogen (secondary N) is 1. The molecule has 18 heavy (non-hydrogen) atoms. The number of aliphatic hydroxyl groups is 1. The maximum atomic E-state index is 9.40. The first-order valence-corrected chi connectivity index (χ1v) is 7.02. The predicted molar refractivity (Wildman–Crippen MR) is 77.5 cm³/mol. The van der Waals surface area contributed by atoms with Crippen LogP contribution < -0.4 is 10.1 Å². The quantitative estimate of drug-likeness (QED) is 0.746. The summed E-state index contributed by atoms with van der Waals surface area (Å²) in [4.78, 5) is 1.14. The molecule has 0 aliphatic carbocycles. The van der Waals surface area contributed by atoms with Crippen LogP contribution in [0.1, 0.15) is 20.3 Å². The van der Waals surface area contributed by atoms with Crippen LogP contribution in [0.15, 0.2) is 29.2 Å². The van der Waals surface area contributed by atoms with Crippen molar-refractivity contribution in [1.82, 2.24) is 5.32 Å². The van der Waals surface area contributed by atoms with Crippen LogP contribution in [-0.4, -0.2) is 36.7 Å². The molecule has 0 aliphatic rings. The van der Waals surface area contributed by atoms with Crippen LogP contribution in [0.5, 0.6) is 5.75 Å². The highest BCUT2D eigenvalue weighted by Gasteiger charge is 2.24. The Balaban J connectivity index is 2.67. The van der Waals surface area contributed by atoms with E-state index in [1.54, 1.807) is 18.9 Å². The van der Waals surface area contributed by atoms with E-state index in [9.17, 15) is 5.11 Å². The minimum Gasteiger partial charge on any atom is -0.496 e. The minimum atomic E-state index is -0.228. The lowest BCUT2D eigenvalue weighted by molar-refractivity contribution is 0.174. The van der Waals surface area contributed by atoms with Gasteiger partial charge in [-0.1, -0.05) is 19.1 Å². The van der Waals surface area contributed by atoms with Crippen molar-refractivity contribution in [3.05, 3.63) is 24.3 Å². The van der Waals surface area contributed by atoms with Crippen molar-refractivity contribution in [2.24, 2.45) is 0 Å². The molecule has 0 radical (unpaired) electrons. The average molecular weight is 269 g/mol. The van der Waals surface area contributed by atoms with E-state index in [0.29, 0.717) is 5.25 Å². The number of benzene rings is 1. The Morgan fingerprint density at radius 2 is 2.11 bits per heavy atom. The van der Waals surface area contributed by atoms with E-state index in [1.807, 2.05) is 32.2 Å². The summed E-state index contributed by atoms with van der Waals surface area (Å²) >= 11 is 1.78. The van der Waals surface area contributed by atoms with Gasteiger partial charge in [-0.25, -0.2) is 0 Å². The van der Waals surface area contributed by atoms with Gasteiger partial charge in [0.25, 0.3) is 0 Å². The lowest BCUT2D eigenvalue weighted by atomic mass is 9.97. The summed E-state index contributed by atoms with van der Waals surface area (Å²) in [6.45, 7) is 4.34. The van der Waals surface area contributed by atoms with E-state index < -0.39 is 0 Å². The van der Waals surface area contributed by atoms with Gasteiger partial charge in [0, 0.05) is 15.7 Å². The van der Waals surface area contributed by atoms with E-state index in [4.69, 9.17) is 4.74 Å². The number of para-hydroxylation sites is 1. The number of ether oxygens (including phenoxy) is 1. The summed E-state index contributed by atoms with van der Waals surface area (Å²) in [5.41, 5.74) is -0.228. The van der Waals surface area contributed by atoms with Crippen LogP contribution >= 0.6 is 11.8 Å². The highest BCUT2D eigenvalue weighted by molar-refractivity contribution is 8.00. The molecule has 0 bridgehead atoms. The molecule has 1 rings (SSSR count). The van der Waals surface area contributed by atoms with Crippen molar-refractivity contribution in [3.63, 3.8) is 0 Å². The number of methoxy groups -OCH3 is 1. The van der Waals surface area contributed by atoms with Gasteiger partial charge in [0.1, 0.15) is 5.75 Å². The lowest BCUT2D eigenvalue weighted by Gasteiger charge is -2.29. The van der Waals surface area contributed by atoms with Crippen LogP contribution in [0.2, 0.25) is 0 Å². The second-order valence-corrected chi connectivity index (χ2v) is 6.23. The van der Waals surface area contributed by atoms with Gasteiger partial charge in [-0.3, -0.25) is 0 Å². The fourth-order valence-corrected chi connectivity index (χ4v) is 3.16. The summed E-state index contributed by atoms with van der Waals surface area (Å²) in [5, 5.41) is 13.0. The summed E-state index contributed by atoms with van der Waals surface area (Å²) in [7, 11) is 3.58. The van der Waals surface area contributed by atoms with Gasteiger partial charge < -0.3 is 15.2 Å². The molecule has 1 aromatic rings. The van der Waals surface area contributed by atoms with Gasteiger partial charge in [0.2, 0.25) is 0 Å². The van der Waals surface area contributed by atoms with Gasteiger partial charge >= 0.3 is 0 Å². The van der Waals surface area contributed by atoms with Crippen LogP contribution in [0, 0.1) is 0 Å². The molecule has 0 fully saturated rings. The molecule has 0 aliphatic heterocycles. The Kier molecular flexibility index (Phi) is 5.99. The van der Waals surface area contributed by atoms with Gasteiger partial charge in [-0.05, 0) is 32.5 Å². The molecule has 3 nitrogen and oxygen atoms in total. The van der Waals surface area contributed by atoms with Crippen molar-refractivity contribution in [3.8, 4) is 5.75 Å². The zero-order chi connectivity index (χ0) is 13.6. The zero-order valence-corrected chi connectivity index (χ0v) is 12.4. The van der Waals surface area contributed by atoms with Gasteiger partial charge in [0.05, 0.1) is 13.7 Å². The predicted octanol–water partition coefficient (Wildman–Crippen LogP) is 2.54. The first-order valence-electron chi connectivity index (χ1n) is 6.14. The second kappa shape index (κ2) is 7.02. The van der Waals surface area contributed by atoms with E-state index >= 15 is 0 Å². The Morgan fingerprint density at radius 1 is 1.44 bits per heavy atom. The van der Waals surface area contributed by atoms with Gasteiger partial charge in [-0.15, -0.1) is 11.8 Å². The van der Waals surface area contributed by atoms with E-state index in [1.165, 1.54) is 0 Å². The molecule has 4 heteroatoms. The van der Waals surface area contributed by atoms with E-state index in [0.717, 1.165) is 17.1 Å². The molecule has 0 aromatic heterocycles. The monoisotopic (exact) mass is 269 g/mol. The summed E-state index contributed by atoms with van der Waals surface area (Å²) in [5.74, 6) is 0.907. The molecule has 0 spiro atoms. The number of rotatable bonds is 7. The Morgan fingerprint density at radius 3 is 2.67 bits per heavy atom. The van der Waals surface area contributed by atoms with E-state index in [-0.39, 0.29) is 12.1 Å². The van der Waals surface area contributed by atoms with Crippen molar-refractivity contribution >= 4 is 11.8 Å². The maximum Gasteiger partial charge on any atom is 0.132 e. The number of hydrogen-bond acceptors (Lipinski definition) is 4. The third-order valence-corrected chi connectivity index (χ3v) is 4.25. The molecule has 2 unspecified atom stereocenters. The lowest BCUT2D eigenvalue weighted by Crippen LogP contribution is -2.45. The molecule has 0 saturated carbocycles. The highest BCUT2D eigenvalue weighted by atomic mass is 32.2. The van der Waals surface area contributed by atoms with Crippen molar-refractivity contribution in [1.29, 1.82) is 0 Å². The number of aliphatic hydroxyl groups excluding tert-OH is 1. The molecule has 2 N–H and O–H groups in total. The number of likely N-dealkylation sites (N-methyl/N-ethyl adjacent to an activating group) is 1. The molecule has 2 atom stereocenters. The van der Waals surface area contributed by atoms with Crippen molar-refractivity contribution < 1.29 is 9.84 Å². The number of hydrogen-bond donors (Lipinski definition) is 2. The van der Waals surface area contributed by atoms with Crippen LogP contribution in [0.4, 0.5) is 0 Å². The SMILES string of the molecule is CNC(C)(CO)CC(C)Sc1ccccc1OC. The maximum absolute atomic E-state index is 9.40. The molecular weight excluding hydrogens is 246 g/mol. The van der Waals surface area contributed by atoms with E-state index in [2.05, 4.69) is 18.3 Å². The fraction of sp³-hybridized carbons (Fsp3) is 0.571. The summed E-state index contributed by atoms with van der Waals surface area (Å²) in [6, 6.07) is 8.02. The van der Waals surface area contributed by atoms with Gasteiger partial charge in [-0.2, -0.15) is 0 Å². The normalized spacial score (nSPS) is 16.1. The largest absolute Gasteiger partial charge is 0.496 e. The van der Waals surface area contributed by atoms with Gasteiger partial charge in [0.15, 0.2) is 0 Å². The van der Waals surface area contributed by atoms with Crippen LogP contribution in [-0.2, 0) is 0 Å². The average Bonchev–Trinajstić information content (AvgIpc) is 2.39. The standard InChI is InChI=1S/C14H23NO2S/c1-11(9-14(2,10-16)15-3)18-13-8-6-5-7-12(13)17-4/h5-8,11,15-16H,9-10H2,1-4H3. The smallest absolute Gasteiger partial charge is 0.132 e. The van der Waals surface area contributed by atoms with Crippen LogP contribution in [0.3, 0.4) is 0 Å². The first kappa shape index (κ1) is 15.3. The van der Waals surface area contributed by atoms with Crippen molar-refractivity contribution in [2.45, 2.75) is 36.0 Å². The molecule has 0 heterocycles. The minimum absolute atomic E-state index is 0.139. The number of thioether (sulfide) groups is 1. The summed E-state index contributed by atoms with van der Waals surface area (Å²) < 4.78 is 5.34. The Labute approximate surface area is 114 Å². The molecule has 0 saturated heterocycles. The first-order chi connectivity index (χ1) is 8.54. The molecule has 0 amide bonds. The van der Waals surface area contributed by atoms with Crippen molar-refractivity contribution in [2.75, 3.05) is 20.8 Å². The third kappa shape index (κ3) is 4.19. The third-order valence-electron chi connectivity index (χ3n) is 3.09. The Bertz CT molecular complexity index is 367. The second-order valence-electron chi connectivity index (χ2n) is 4.75. The topological polar surface area (TPSA) is 41.5 Å². The molecule has 102 valence electrons. The van der Waals surface area contributed by atoms with Crippen LogP contribution in [0.25, 0.3) is 0 Å².